The molecule has 4 heteroatoms. The highest BCUT2D eigenvalue weighted by Gasteiger charge is 2.19. The third-order valence-electron chi connectivity index (χ3n) is 4.54. The molecule has 0 aromatic heterocycles. The zero-order valence-electron chi connectivity index (χ0n) is 14.9. The van der Waals surface area contributed by atoms with Crippen molar-refractivity contribution in [2.24, 2.45) is 0 Å². The summed E-state index contributed by atoms with van der Waals surface area (Å²) in [5, 5.41) is 3.41. The van der Waals surface area contributed by atoms with Gasteiger partial charge in [-0.25, -0.2) is 0 Å². The molecular weight excluding hydrogens is 300 g/mol. The van der Waals surface area contributed by atoms with Crippen LogP contribution in [0.4, 0.5) is 5.69 Å². The molecule has 1 unspecified atom stereocenters. The fourth-order valence-electron chi connectivity index (χ4n) is 3.15. The van der Waals surface area contributed by atoms with Gasteiger partial charge in [0.15, 0.2) is 5.78 Å². The molecule has 1 aliphatic carbocycles. The number of anilines is 1. The highest BCUT2D eigenvalue weighted by atomic mass is 16.5. The number of hydrogen-bond donors (Lipinski definition) is 2. The van der Waals surface area contributed by atoms with Crippen molar-refractivity contribution in [2.45, 2.75) is 58.4 Å². The number of allylic oxidation sites excluding steroid dienone is 1. The zero-order valence-corrected chi connectivity index (χ0v) is 14.9. The Bertz CT molecular complexity index is 581. The number of rotatable bonds is 9. The number of Topliss-reactive ketones (excluding diaryl/α,β-unsaturated/α-hetero) is 1. The standard InChI is InChI=1S/C20H30N2O2/c1-3-18(22-13-12-15-8-6-5-7-9-15)20(23)16-10-11-19(24-4-2)17(21)14-16/h8,10-11,14,18,22H,3-7,9,12-13,21H2,1-2H3. The first-order valence-corrected chi connectivity index (χ1v) is 9.13. The van der Waals surface area contributed by atoms with Gasteiger partial charge in [0.05, 0.1) is 18.3 Å². The topological polar surface area (TPSA) is 64.3 Å². The molecule has 0 bridgehead atoms. The minimum Gasteiger partial charge on any atom is -0.492 e. The summed E-state index contributed by atoms with van der Waals surface area (Å²) in [7, 11) is 0. The van der Waals surface area contributed by atoms with E-state index in [1.54, 1.807) is 18.2 Å². The molecule has 1 aromatic rings. The summed E-state index contributed by atoms with van der Waals surface area (Å²) in [6.07, 6.45) is 9.19. The summed E-state index contributed by atoms with van der Waals surface area (Å²) < 4.78 is 5.43. The first-order valence-electron chi connectivity index (χ1n) is 9.13. The second-order valence-corrected chi connectivity index (χ2v) is 6.32. The van der Waals surface area contributed by atoms with E-state index < -0.39 is 0 Å². The highest BCUT2D eigenvalue weighted by molar-refractivity contribution is 6.01. The SMILES string of the molecule is CCOc1ccc(C(=O)C(CC)NCCC2=CCCCC2)cc1N. The Morgan fingerprint density at radius 2 is 2.17 bits per heavy atom. The Kier molecular flexibility index (Phi) is 7.32. The summed E-state index contributed by atoms with van der Waals surface area (Å²) in [6.45, 7) is 5.36. The minimum atomic E-state index is -0.161. The van der Waals surface area contributed by atoms with Gasteiger partial charge in [-0.15, -0.1) is 0 Å². The van der Waals surface area contributed by atoms with Crippen LogP contribution in [-0.4, -0.2) is 25.0 Å². The number of nitrogens with two attached hydrogens (primary N) is 1. The van der Waals surface area contributed by atoms with E-state index in [9.17, 15) is 4.79 Å². The molecule has 0 saturated carbocycles. The van der Waals surface area contributed by atoms with Crippen LogP contribution in [0.2, 0.25) is 0 Å². The Hall–Kier alpha value is -1.81. The van der Waals surface area contributed by atoms with E-state index >= 15 is 0 Å². The Balaban J connectivity index is 1.92. The second kappa shape index (κ2) is 9.48. The Morgan fingerprint density at radius 1 is 1.33 bits per heavy atom. The van der Waals surface area contributed by atoms with Crippen LogP contribution in [0, 0.1) is 0 Å². The van der Waals surface area contributed by atoms with Gasteiger partial charge >= 0.3 is 0 Å². The molecule has 0 fully saturated rings. The van der Waals surface area contributed by atoms with Crippen molar-refractivity contribution in [2.75, 3.05) is 18.9 Å². The van der Waals surface area contributed by atoms with Gasteiger partial charge in [0.1, 0.15) is 5.75 Å². The predicted molar refractivity (Wildman–Crippen MR) is 99.6 cm³/mol. The normalized spacial score (nSPS) is 15.7. The lowest BCUT2D eigenvalue weighted by molar-refractivity contribution is 0.0941. The van der Waals surface area contributed by atoms with Crippen LogP contribution in [0.1, 0.15) is 62.7 Å². The Labute approximate surface area is 145 Å². The number of nitrogen functional groups attached to an aromatic ring is 1. The largest absolute Gasteiger partial charge is 0.492 e. The van der Waals surface area contributed by atoms with Crippen molar-refractivity contribution < 1.29 is 9.53 Å². The van der Waals surface area contributed by atoms with Gasteiger partial charge in [-0.05, 0) is 70.2 Å². The number of carbonyl (C=O) groups excluding carboxylic acids is 1. The van der Waals surface area contributed by atoms with Crippen LogP contribution in [0.25, 0.3) is 0 Å². The van der Waals surface area contributed by atoms with E-state index in [0.29, 0.717) is 23.6 Å². The van der Waals surface area contributed by atoms with E-state index in [1.807, 2.05) is 13.8 Å². The fourth-order valence-corrected chi connectivity index (χ4v) is 3.15. The molecular formula is C20H30N2O2. The van der Waals surface area contributed by atoms with Gasteiger partial charge in [0.2, 0.25) is 0 Å². The molecule has 1 aromatic carbocycles. The average Bonchev–Trinajstić information content (AvgIpc) is 2.61. The maximum Gasteiger partial charge on any atom is 0.179 e. The lowest BCUT2D eigenvalue weighted by Crippen LogP contribution is -2.37. The van der Waals surface area contributed by atoms with Crippen molar-refractivity contribution in [1.82, 2.24) is 5.32 Å². The van der Waals surface area contributed by atoms with E-state index in [2.05, 4.69) is 11.4 Å². The molecule has 24 heavy (non-hydrogen) atoms. The zero-order chi connectivity index (χ0) is 17.4. The van der Waals surface area contributed by atoms with Gasteiger partial charge in [-0.2, -0.15) is 0 Å². The number of benzene rings is 1. The molecule has 132 valence electrons. The average molecular weight is 330 g/mol. The maximum absolute atomic E-state index is 12.7. The van der Waals surface area contributed by atoms with Crippen LogP contribution >= 0.6 is 0 Å². The van der Waals surface area contributed by atoms with E-state index in [1.165, 1.54) is 31.3 Å². The summed E-state index contributed by atoms with van der Waals surface area (Å²) in [4.78, 5) is 12.7. The van der Waals surface area contributed by atoms with Gasteiger partial charge in [-0.3, -0.25) is 4.79 Å². The summed E-state index contributed by atoms with van der Waals surface area (Å²) >= 11 is 0. The van der Waals surface area contributed by atoms with Gasteiger partial charge < -0.3 is 15.8 Å². The Morgan fingerprint density at radius 3 is 2.79 bits per heavy atom. The summed E-state index contributed by atoms with van der Waals surface area (Å²) in [6, 6.07) is 5.15. The number of hydrogen-bond acceptors (Lipinski definition) is 4. The van der Waals surface area contributed by atoms with Crippen LogP contribution < -0.4 is 15.8 Å². The van der Waals surface area contributed by atoms with Gasteiger partial charge in [0.25, 0.3) is 0 Å². The first kappa shape index (κ1) is 18.5. The third kappa shape index (κ3) is 5.10. The van der Waals surface area contributed by atoms with Crippen molar-refractivity contribution in [1.29, 1.82) is 0 Å². The number of ether oxygens (including phenoxy) is 1. The molecule has 0 aliphatic heterocycles. The number of nitrogens with one attached hydrogen (secondary N) is 1. The molecule has 0 radical (unpaired) electrons. The lowest BCUT2D eigenvalue weighted by atomic mass is 9.96. The molecule has 4 nitrogen and oxygen atoms in total. The molecule has 2 rings (SSSR count). The van der Waals surface area contributed by atoms with Crippen molar-refractivity contribution >= 4 is 11.5 Å². The molecule has 1 aliphatic rings. The van der Waals surface area contributed by atoms with Crippen LogP contribution in [-0.2, 0) is 0 Å². The van der Waals surface area contributed by atoms with E-state index in [-0.39, 0.29) is 11.8 Å². The molecule has 0 heterocycles. The smallest absolute Gasteiger partial charge is 0.179 e. The highest BCUT2D eigenvalue weighted by Crippen LogP contribution is 2.24. The lowest BCUT2D eigenvalue weighted by Gasteiger charge is -2.18. The molecule has 0 saturated heterocycles. The van der Waals surface area contributed by atoms with Crippen molar-refractivity contribution in [3.63, 3.8) is 0 Å². The fraction of sp³-hybridized carbons (Fsp3) is 0.550. The van der Waals surface area contributed by atoms with Gasteiger partial charge in [-0.1, -0.05) is 18.6 Å². The molecule has 1 atom stereocenters. The second-order valence-electron chi connectivity index (χ2n) is 6.32. The van der Waals surface area contributed by atoms with E-state index in [0.717, 1.165) is 19.4 Å². The first-order chi connectivity index (χ1) is 11.7. The monoisotopic (exact) mass is 330 g/mol. The number of carbonyl (C=O) groups is 1. The van der Waals surface area contributed by atoms with Crippen molar-refractivity contribution in [3.05, 3.63) is 35.4 Å². The predicted octanol–water partition coefficient (Wildman–Crippen LogP) is 4.11. The number of ketones is 1. The minimum absolute atomic E-state index is 0.102. The van der Waals surface area contributed by atoms with Crippen LogP contribution in [0.5, 0.6) is 5.75 Å². The van der Waals surface area contributed by atoms with Crippen LogP contribution in [0.15, 0.2) is 29.8 Å². The summed E-state index contributed by atoms with van der Waals surface area (Å²) in [5.41, 5.74) is 8.67. The quantitative estimate of drug-likeness (QED) is 0.406. The molecule has 3 N–H and O–H groups in total. The van der Waals surface area contributed by atoms with Gasteiger partial charge in [0, 0.05) is 5.56 Å². The van der Waals surface area contributed by atoms with E-state index in [4.69, 9.17) is 10.5 Å². The molecule has 0 spiro atoms. The third-order valence-corrected chi connectivity index (χ3v) is 4.54. The summed E-state index contributed by atoms with van der Waals surface area (Å²) in [5.74, 6) is 0.740. The van der Waals surface area contributed by atoms with Crippen LogP contribution in [0.3, 0.4) is 0 Å². The maximum atomic E-state index is 12.7. The molecule has 0 amide bonds. The van der Waals surface area contributed by atoms with Crippen molar-refractivity contribution in [3.8, 4) is 5.75 Å².